The molecule has 0 aliphatic carbocycles. The highest BCUT2D eigenvalue weighted by molar-refractivity contribution is 8.00. The van der Waals surface area contributed by atoms with E-state index in [9.17, 15) is 14.4 Å². The molecule has 0 saturated heterocycles. The van der Waals surface area contributed by atoms with Crippen LogP contribution in [-0.4, -0.2) is 40.4 Å². The van der Waals surface area contributed by atoms with Gasteiger partial charge in [0, 0.05) is 21.1 Å². The van der Waals surface area contributed by atoms with Crippen LogP contribution in [0.2, 0.25) is 0 Å². The van der Waals surface area contributed by atoms with E-state index in [4.69, 9.17) is 5.73 Å². The van der Waals surface area contributed by atoms with Crippen LogP contribution in [0.4, 0.5) is 5.82 Å². The van der Waals surface area contributed by atoms with Crippen LogP contribution >= 0.6 is 11.8 Å². The fourth-order valence-corrected chi connectivity index (χ4v) is 3.22. The van der Waals surface area contributed by atoms with Crippen LogP contribution in [0.15, 0.2) is 27.1 Å². The van der Waals surface area contributed by atoms with Crippen molar-refractivity contribution in [3.05, 3.63) is 38.9 Å². The third-order valence-corrected chi connectivity index (χ3v) is 4.83. The molecule has 0 bridgehead atoms. The van der Waals surface area contributed by atoms with Crippen molar-refractivity contribution in [3.8, 4) is 0 Å². The second-order valence-electron chi connectivity index (χ2n) is 5.36. The summed E-state index contributed by atoms with van der Waals surface area (Å²) in [6.07, 6.45) is 3.00. The smallest absolute Gasteiger partial charge is 0.332 e. The number of fused-ring (bicyclic) bond motifs is 1. The number of nitrogen functional groups attached to an aromatic ring is 1. The third kappa shape index (κ3) is 2.71. The van der Waals surface area contributed by atoms with Gasteiger partial charge in [-0.05, 0) is 0 Å². The minimum Gasteiger partial charge on any atom is -0.384 e. The number of carbonyl (C=O) groups is 1. The number of hydrogen-bond donors (Lipinski definition) is 1. The molecule has 11 heteroatoms. The lowest BCUT2D eigenvalue weighted by Crippen LogP contribution is -2.41. The summed E-state index contributed by atoms with van der Waals surface area (Å²) >= 11 is 1.15. The molecule has 0 radical (unpaired) electrons. The minimum atomic E-state index is -0.708. The van der Waals surface area contributed by atoms with Gasteiger partial charge in [-0.25, -0.2) is 14.8 Å². The van der Waals surface area contributed by atoms with Gasteiger partial charge in [-0.2, -0.15) is 5.10 Å². The van der Waals surface area contributed by atoms with E-state index in [1.165, 1.54) is 20.4 Å². The molecule has 3 aromatic rings. The fraction of sp³-hybridized carbons (Fsp3) is 0.286. The zero-order valence-electron chi connectivity index (χ0n) is 13.8. The number of aromatic nitrogens is 6. The molecule has 0 aliphatic heterocycles. The van der Waals surface area contributed by atoms with Gasteiger partial charge in [0.05, 0.1) is 17.3 Å². The average Bonchev–Trinajstić information content (AvgIpc) is 2.98. The second kappa shape index (κ2) is 6.16. The lowest BCUT2D eigenvalue weighted by Gasteiger charge is -2.10. The highest BCUT2D eigenvalue weighted by atomic mass is 32.2. The zero-order chi connectivity index (χ0) is 18.3. The number of carbonyl (C=O) groups excluding carboxylic acids is 1. The number of nitrogens with zero attached hydrogens (tertiary/aromatic N) is 6. The van der Waals surface area contributed by atoms with E-state index >= 15 is 0 Å². The van der Waals surface area contributed by atoms with Crippen LogP contribution in [0.1, 0.15) is 10.4 Å². The molecule has 3 heterocycles. The van der Waals surface area contributed by atoms with Gasteiger partial charge in [-0.3, -0.25) is 23.4 Å². The standard InChI is InChI=1S/C14H15N7O3S/c1-19-10(15)9(13(23)20(2)14(19)24)8(22)5-25-12-7-4-18-21(3)11(7)16-6-17-12/h4,6H,5,15H2,1-3H3. The van der Waals surface area contributed by atoms with Crippen molar-refractivity contribution >= 4 is 34.4 Å². The average molecular weight is 361 g/mol. The molecule has 10 nitrogen and oxygen atoms in total. The van der Waals surface area contributed by atoms with E-state index in [0.29, 0.717) is 16.1 Å². The predicted octanol–water partition coefficient (Wildman–Crippen LogP) is -0.682. The molecule has 2 N–H and O–H groups in total. The molecular formula is C14H15N7O3S. The van der Waals surface area contributed by atoms with Crippen LogP contribution < -0.4 is 17.0 Å². The van der Waals surface area contributed by atoms with Gasteiger partial charge < -0.3 is 5.73 Å². The number of thioether (sulfide) groups is 1. The fourth-order valence-electron chi connectivity index (χ4n) is 2.38. The number of aryl methyl sites for hydroxylation is 1. The Hall–Kier alpha value is -2.95. The van der Waals surface area contributed by atoms with Crippen LogP contribution in [0, 0.1) is 0 Å². The first-order chi connectivity index (χ1) is 11.8. The van der Waals surface area contributed by atoms with Gasteiger partial charge in [0.2, 0.25) is 0 Å². The normalized spacial score (nSPS) is 11.2. The van der Waals surface area contributed by atoms with Crippen LogP contribution in [0.25, 0.3) is 11.0 Å². The van der Waals surface area contributed by atoms with E-state index in [2.05, 4.69) is 15.1 Å². The van der Waals surface area contributed by atoms with E-state index in [0.717, 1.165) is 20.9 Å². The number of ketones is 1. The van der Waals surface area contributed by atoms with Crippen molar-refractivity contribution in [2.45, 2.75) is 5.03 Å². The number of hydrogen-bond acceptors (Lipinski definition) is 8. The molecule has 25 heavy (non-hydrogen) atoms. The molecule has 0 unspecified atom stereocenters. The molecule has 130 valence electrons. The predicted molar refractivity (Wildman–Crippen MR) is 92.7 cm³/mol. The first-order valence-electron chi connectivity index (χ1n) is 7.17. The van der Waals surface area contributed by atoms with Crippen molar-refractivity contribution in [2.24, 2.45) is 21.1 Å². The molecule has 0 saturated carbocycles. The summed E-state index contributed by atoms with van der Waals surface area (Å²) < 4.78 is 3.53. The summed E-state index contributed by atoms with van der Waals surface area (Å²) in [5.74, 6) is -0.680. The van der Waals surface area contributed by atoms with Crippen molar-refractivity contribution in [1.29, 1.82) is 0 Å². The number of nitrogens with two attached hydrogens (primary N) is 1. The highest BCUT2D eigenvalue weighted by Gasteiger charge is 2.21. The van der Waals surface area contributed by atoms with E-state index in [1.807, 2.05) is 0 Å². The molecule has 3 rings (SSSR count). The quantitative estimate of drug-likeness (QED) is 0.367. The van der Waals surface area contributed by atoms with Crippen LogP contribution in [-0.2, 0) is 21.1 Å². The summed E-state index contributed by atoms with van der Waals surface area (Å²) in [5.41, 5.74) is 4.95. The molecule has 0 amide bonds. The maximum absolute atomic E-state index is 12.5. The van der Waals surface area contributed by atoms with Gasteiger partial charge in [-0.1, -0.05) is 11.8 Å². The van der Waals surface area contributed by atoms with Gasteiger partial charge in [-0.15, -0.1) is 0 Å². The van der Waals surface area contributed by atoms with E-state index in [-0.39, 0.29) is 17.1 Å². The summed E-state index contributed by atoms with van der Waals surface area (Å²) in [6, 6.07) is 0. The minimum absolute atomic E-state index is 0.0569. The Balaban J connectivity index is 1.94. The van der Waals surface area contributed by atoms with Gasteiger partial charge in [0.25, 0.3) is 5.56 Å². The zero-order valence-corrected chi connectivity index (χ0v) is 14.6. The Morgan fingerprint density at radius 1 is 1.20 bits per heavy atom. The molecule has 0 aromatic carbocycles. The van der Waals surface area contributed by atoms with Gasteiger partial charge in [0.15, 0.2) is 11.4 Å². The summed E-state index contributed by atoms with van der Waals surface area (Å²) in [5, 5.41) is 5.40. The SMILES string of the molecule is Cn1c(N)c(C(=O)CSc2ncnc3c2cnn3C)c(=O)n(C)c1=O. The Labute approximate surface area is 145 Å². The first kappa shape index (κ1) is 16.9. The summed E-state index contributed by atoms with van der Waals surface area (Å²) in [7, 11) is 4.46. The Morgan fingerprint density at radius 3 is 2.64 bits per heavy atom. The lowest BCUT2D eigenvalue weighted by atomic mass is 10.2. The number of anilines is 1. The van der Waals surface area contributed by atoms with Crippen molar-refractivity contribution in [2.75, 3.05) is 11.5 Å². The second-order valence-corrected chi connectivity index (χ2v) is 6.33. The Morgan fingerprint density at radius 2 is 1.92 bits per heavy atom. The van der Waals surface area contributed by atoms with Gasteiger partial charge >= 0.3 is 5.69 Å². The topological polar surface area (TPSA) is 131 Å². The van der Waals surface area contributed by atoms with E-state index < -0.39 is 17.0 Å². The molecule has 0 fully saturated rings. The van der Waals surface area contributed by atoms with E-state index in [1.54, 1.807) is 17.9 Å². The largest absolute Gasteiger partial charge is 0.384 e. The number of rotatable bonds is 4. The third-order valence-electron chi connectivity index (χ3n) is 3.82. The number of Topliss-reactive ketones (excluding diaryl/α,β-unsaturated/α-hetero) is 1. The molecule has 3 aromatic heterocycles. The summed E-state index contributed by atoms with van der Waals surface area (Å²) in [6.45, 7) is 0. The molecule has 0 aliphatic rings. The van der Waals surface area contributed by atoms with Crippen LogP contribution in [0.3, 0.4) is 0 Å². The molecule has 0 spiro atoms. The van der Waals surface area contributed by atoms with Crippen molar-refractivity contribution in [3.63, 3.8) is 0 Å². The Kier molecular flexibility index (Phi) is 4.17. The highest BCUT2D eigenvalue weighted by Crippen LogP contribution is 2.24. The molecular weight excluding hydrogens is 346 g/mol. The molecule has 0 atom stereocenters. The maximum atomic E-state index is 12.5. The van der Waals surface area contributed by atoms with Crippen molar-refractivity contribution in [1.82, 2.24) is 28.9 Å². The maximum Gasteiger partial charge on any atom is 0.332 e. The monoisotopic (exact) mass is 361 g/mol. The van der Waals surface area contributed by atoms with Crippen molar-refractivity contribution < 1.29 is 4.79 Å². The first-order valence-corrected chi connectivity index (χ1v) is 8.15. The van der Waals surface area contributed by atoms with Gasteiger partial charge in [0.1, 0.15) is 22.7 Å². The summed E-state index contributed by atoms with van der Waals surface area (Å²) in [4.78, 5) is 44.9. The lowest BCUT2D eigenvalue weighted by molar-refractivity contribution is 0.102. The Bertz CT molecular complexity index is 1110. The van der Waals surface area contributed by atoms with Crippen LogP contribution in [0.5, 0.6) is 0 Å².